The topological polar surface area (TPSA) is 69.6 Å². The van der Waals surface area contributed by atoms with Crippen LogP contribution in [-0.2, 0) is 11.2 Å². The van der Waals surface area contributed by atoms with Crippen molar-refractivity contribution in [3.05, 3.63) is 29.8 Å². The normalized spacial score (nSPS) is 10.3. The van der Waals surface area contributed by atoms with Gasteiger partial charge in [-0.05, 0) is 38.0 Å². The van der Waals surface area contributed by atoms with Crippen LogP contribution >= 0.6 is 0 Å². The van der Waals surface area contributed by atoms with E-state index in [4.69, 9.17) is 5.11 Å². The zero-order chi connectivity index (χ0) is 14.4. The van der Waals surface area contributed by atoms with E-state index in [1.165, 1.54) is 0 Å². The number of nitrogens with zero attached hydrogens (tertiary/aromatic N) is 1. The minimum atomic E-state index is -0.809. The van der Waals surface area contributed by atoms with Crippen molar-refractivity contribution in [1.82, 2.24) is 4.90 Å². The number of aliphatic carboxylic acids is 1. The van der Waals surface area contributed by atoms with Gasteiger partial charge in [-0.1, -0.05) is 12.1 Å². The molecule has 0 aliphatic rings. The van der Waals surface area contributed by atoms with Crippen LogP contribution < -0.4 is 5.32 Å². The summed E-state index contributed by atoms with van der Waals surface area (Å²) >= 11 is 0. The lowest BCUT2D eigenvalue weighted by atomic mass is 10.1. The maximum Gasteiger partial charge on any atom is 0.321 e. The number of rotatable bonds is 5. The number of nitrogens with one attached hydrogen (secondary N) is 1. The number of carbonyl (C=O) groups excluding carboxylic acids is 1. The Bertz CT molecular complexity index is 441. The summed E-state index contributed by atoms with van der Waals surface area (Å²) in [5.74, 6) is -0.809. The lowest BCUT2D eigenvalue weighted by molar-refractivity contribution is -0.136. The Hall–Kier alpha value is -2.04. The summed E-state index contributed by atoms with van der Waals surface area (Å²) in [7, 11) is 1.74. The first-order chi connectivity index (χ1) is 8.90. The van der Waals surface area contributed by atoms with Gasteiger partial charge in [-0.15, -0.1) is 0 Å². The second-order valence-corrected chi connectivity index (χ2v) is 4.73. The van der Waals surface area contributed by atoms with E-state index in [9.17, 15) is 9.59 Å². The second kappa shape index (κ2) is 6.78. The van der Waals surface area contributed by atoms with Crippen LogP contribution in [-0.4, -0.2) is 35.1 Å². The number of carboxylic acids is 1. The Labute approximate surface area is 113 Å². The van der Waals surface area contributed by atoms with Crippen molar-refractivity contribution in [3.8, 4) is 0 Å². The molecule has 1 aromatic rings. The fraction of sp³-hybridized carbons (Fsp3) is 0.429. The summed E-state index contributed by atoms with van der Waals surface area (Å²) in [6.45, 7) is 3.88. The highest BCUT2D eigenvalue weighted by atomic mass is 16.4. The van der Waals surface area contributed by atoms with Crippen molar-refractivity contribution in [2.75, 3.05) is 12.4 Å². The molecule has 1 rings (SSSR count). The van der Waals surface area contributed by atoms with Crippen LogP contribution in [0.5, 0.6) is 0 Å². The van der Waals surface area contributed by atoms with Gasteiger partial charge < -0.3 is 15.3 Å². The average Bonchev–Trinajstić information content (AvgIpc) is 2.36. The van der Waals surface area contributed by atoms with E-state index in [-0.39, 0.29) is 18.5 Å². The molecule has 0 radical (unpaired) electrons. The van der Waals surface area contributed by atoms with Crippen molar-refractivity contribution >= 4 is 17.7 Å². The van der Waals surface area contributed by atoms with Crippen molar-refractivity contribution in [1.29, 1.82) is 0 Å². The lowest BCUT2D eigenvalue weighted by Gasteiger charge is -2.21. The Kier molecular flexibility index (Phi) is 5.36. The molecule has 0 saturated carbocycles. The smallest absolute Gasteiger partial charge is 0.321 e. The maximum absolute atomic E-state index is 11.8. The van der Waals surface area contributed by atoms with E-state index in [0.29, 0.717) is 12.1 Å². The standard InChI is InChI=1S/C14H20N2O3/c1-10(2)16(3)14(19)15-12-7-4-11(5-8-12)6-9-13(17)18/h4-5,7-8,10H,6,9H2,1-3H3,(H,15,19)(H,17,18). The number of amides is 2. The number of hydrogen-bond donors (Lipinski definition) is 2. The average molecular weight is 264 g/mol. The van der Waals surface area contributed by atoms with Crippen LogP contribution in [0.2, 0.25) is 0 Å². The highest BCUT2D eigenvalue weighted by Gasteiger charge is 2.11. The van der Waals surface area contributed by atoms with Gasteiger partial charge in [0, 0.05) is 25.2 Å². The maximum atomic E-state index is 11.8. The predicted octanol–water partition coefficient (Wildman–Crippen LogP) is 2.58. The first kappa shape index (κ1) is 15.0. The van der Waals surface area contributed by atoms with Gasteiger partial charge in [0.1, 0.15) is 0 Å². The van der Waals surface area contributed by atoms with E-state index >= 15 is 0 Å². The molecule has 19 heavy (non-hydrogen) atoms. The van der Waals surface area contributed by atoms with Crippen LogP contribution in [0.4, 0.5) is 10.5 Å². The molecule has 5 nitrogen and oxygen atoms in total. The van der Waals surface area contributed by atoms with E-state index in [0.717, 1.165) is 5.56 Å². The third kappa shape index (κ3) is 4.99. The Morgan fingerprint density at radius 2 is 1.84 bits per heavy atom. The quantitative estimate of drug-likeness (QED) is 0.858. The van der Waals surface area contributed by atoms with Gasteiger partial charge in [0.15, 0.2) is 0 Å². The molecule has 104 valence electrons. The minimum Gasteiger partial charge on any atom is -0.481 e. The predicted molar refractivity (Wildman–Crippen MR) is 74.3 cm³/mol. The summed E-state index contributed by atoms with van der Waals surface area (Å²) in [5, 5.41) is 11.4. The van der Waals surface area contributed by atoms with E-state index in [2.05, 4.69) is 5.32 Å². The number of benzene rings is 1. The first-order valence-electron chi connectivity index (χ1n) is 6.24. The monoisotopic (exact) mass is 264 g/mol. The molecule has 2 amide bonds. The molecule has 0 bridgehead atoms. The molecule has 5 heteroatoms. The van der Waals surface area contributed by atoms with Gasteiger partial charge in [0.2, 0.25) is 0 Å². The molecule has 0 aliphatic heterocycles. The van der Waals surface area contributed by atoms with Crippen LogP contribution in [0.3, 0.4) is 0 Å². The van der Waals surface area contributed by atoms with Gasteiger partial charge in [0.25, 0.3) is 0 Å². The second-order valence-electron chi connectivity index (χ2n) is 4.73. The zero-order valence-electron chi connectivity index (χ0n) is 11.5. The van der Waals surface area contributed by atoms with Gasteiger partial charge in [0.05, 0.1) is 0 Å². The molecular weight excluding hydrogens is 244 g/mol. The largest absolute Gasteiger partial charge is 0.481 e. The molecule has 0 unspecified atom stereocenters. The molecule has 0 heterocycles. The fourth-order valence-electron chi connectivity index (χ4n) is 1.45. The first-order valence-corrected chi connectivity index (χ1v) is 6.24. The van der Waals surface area contributed by atoms with Crippen LogP contribution in [0, 0.1) is 0 Å². The van der Waals surface area contributed by atoms with Crippen LogP contribution in [0.25, 0.3) is 0 Å². The summed E-state index contributed by atoms with van der Waals surface area (Å²) in [4.78, 5) is 23.9. The Morgan fingerprint density at radius 3 is 2.32 bits per heavy atom. The van der Waals surface area contributed by atoms with E-state index in [1.807, 2.05) is 26.0 Å². The third-order valence-electron chi connectivity index (χ3n) is 2.93. The van der Waals surface area contributed by atoms with E-state index < -0.39 is 5.97 Å². The number of carboxylic acid groups (broad SMARTS) is 1. The van der Waals surface area contributed by atoms with E-state index in [1.54, 1.807) is 24.1 Å². The molecule has 1 aromatic carbocycles. The van der Waals surface area contributed by atoms with Crippen molar-refractivity contribution < 1.29 is 14.7 Å². The van der Waals surface area contributed by atoms with Gasteiger partial charge >= 0.3 is 12.0 Å². The molecule has 0 fully saturated rings. The summed E-state index contributed by atoms with van der Waals surface area (Å²) in [6, 6.07) is 7.19. The number of carbonyl (C=O) groups is 2. The number of hydrogen-bond acceptors (Lipinski definition) is 2. The summed E-state index contributed by atoms with van der Waals surface area (Å²) in [5.41, 5.74) is 1.65. The van der Waals surface area contributed by atoms with Crippen molar-refractivity contribution in [2.24, 2.45) is 0 Å². The third-order valence-corrected chi connectivity index (χ3v) is 2.93. The molecular formula is C14H20N2O3. The number of anilines is 1. The van der Waals surface area contributed by atoms with Crippen molar-refractivity contribution in [3.63, 3.8) is 0 Å². The molecule has 0 aromatic heterocycles. The minimum absolute atomic E-state index is 0.113. The van der Waals surface area contributed by atoms with Crippen LogP contribution in [0.1, 0.15) is 25.8 Å². The van der Waals surface area contributed by atoms with Gasteiger partial charge in [-0.25, -0.2) is 4.79 Å². The number of aryl methyl sites for hydroxylation is 1. The number of urea groups is 1. The Morgan fingerprint density at radius 1 is 1.26 bits per heavy atom. The van der Waals surface area contributed by atoms with Crippen LogP contribution in [0.15, 0.2) is 24.3 Å². The molecule has 0 atom stereocenters. The lowest BCUT2D eigenvalue weighted by Crippen LogP contribution is -2.36. The summed E-state index contributed by atoms with van der Waals surface area (Å²) in [6.07, 6.45) is 0.608. The summed E-state index contributed by atoms with van der Waals surface area (Å²) < 4.78 is 0. The molecule has 2 N–H and O–H groups in total. The molecule has 0 saturated heterocycles. The highest BCUT2D eigenvalue weighted by molar-refractivity contribution is 5.89. The van der Waals surface area contributed by atoms with Gasteiger partial charge in [-0.2, -0.15) is 0 Å². The molecule has 0 aliphatic carbocycles. The highest BCUT2D eigenvalue weighted by Crippen LogP contribution is 2.12. The van der Waals surface area contributed by atoms with Crippen molar-refractivity contribution in [2.45, 2.75) is 32.7 Å². The fourth-order valence-corrected chi connectivity index (χ4v) is 1.45. The molecule has 0 spiro atoms. The van der Waals surface area contributed by atoms with Gasteiger partial charge in [-0.3, -0.25) is 4.79 Å². The Balaban J connectivity index is 2.57. The zero-order valence-corrected chi connectivity index (χ0v) is 11.5. The SMILES string of the molecule is CC(C)N(C)C(=O)Nc1ccc(CCC(=O)O)cc1.